The number of nitrogens with two attached hydrogens (primary N) is 1. The fraction of sp³-hybridized carbons (Fsp3) is 1.00. The third-order valence-corrected chi connectivity index (χ3v) is 0.846. The Bertz CT molecular complexity index is 46.3. The van der Waals surface area contributed by atoms with Crippen molar-refractivity contribution in [1.29, 1.82) is 0 Å². The highest BCUT2D eigenvalue weighted by Gasteiger charge is 2.13. The predicted molar refractivity (Wildman–Crippen MR) is 41.8 cm³/mol. The molecule has 0 radical (unpaired) electrons. The van der Waals surface area contributed by atoms with Gasteiger partial charge in [-0.1, -0.05) is 6.92 Å². The highest BCUT2D eigenvalue weighted by molar-refractivity contribution is 5.85. The first-order valence-corrected chi connectivity index (χ1v) is 3.17. The van der Waals surface area contributed by atoms with E-state index in [9.17, 15) is 0 Å². The fourth-order valence-corrected chi connectivity index (χ4v) is 0.0962. The second-order valence-electron chi connectivity index (χ2n) is 2.06. The molecule has 1 saturated carbocycles. The van der Waals surface area contributed by atoms with E-state index in [1.54, 1.807) is 0 Å². The van der Waals surface area contributed by atoms with Gasteiger partial charge in [-0.25, -0.2) is 0 Å². The lowest BCUT2D eigenvalue weighted by molar-refractivity contribution is 0.295. The summed E-state index contributed by atoms with van der Waals surface area (Å²) in [4.78, 5) is 0. The van der Waals surface area contributed by atoms with E-state index in [1.165, 1.54) is 12.8 Å². The molecule has 0 spiro atoms. The molecule has 0 heterocycles. The topological polar surface area (TPSA) is 46.2 Å². The number of halogens is 1. The predicted octanol–water partition coefficient (Wildman–Crippen LogP) is 0.918. The Hall–Kier alpha value is 0.210. The Morgan fingerprint density at radius 2 is 1.78 bits per heavy atom. The molecule has 1 fully saturated rings. The van der Waals surface area contributed by atoms with E-state index in [0.717, 1.165) is 6.42 Å². The van der Waals surface area contributed by atoms with E-state index in [1.807, 2.05) is 6.92 Å². The SMILES string of the molecule is CCCO.Cl.NC1CC1. The van der Waals surface area contributed by atoms with Crippen LogP contribution >= 0.6 is 12.4 Å². The standard InChI is InChI=1S/C3H7N.C3H8O.ClH/c4-3-1-2-3;1-2-3-4;/h3H,1-2,4H2;4H,2-3H2,1H3;1H. The zero-order valence-corrected chi connectivity index (χ0v) is 6.66. The molecule has 1 rings (SSSR count). The minimum absolute atomic E-state index is 0. The highest BCUT2D eigenvalue weighted by atomic mass is 35.5. The molecule has 1 aliphatic rings. The van der Waals surface area contributed by atoms with Gasteiger partial charge in [0.15, 0.2) is 0 Å². The van der Waals surface area contributed by atoms with Crippen LogP contribution < -0.4 is 5.73 Å². The van der Waals surface area contributed by atoms with Crippen molar-refractivity contribution < 1.29 is 5.11 Å². The Morgan fingerprint density at radius 3 is 1.78 bits per heavy atom. The van der Waals surface area contributed by atoms with Crippen LogP contribution in [0.5, 0.6) is 0 Å². The number of aliphatic hydroxyl groups is 1. The molecule has 0 aromatic carbocycles. The van der Waals surface area contributed by atoms with E-state index in [4.69, 9.17) is 10.8 Å². The molecule has 3 N–H and O–H groups in total. The first kappa shape index (κ1) is 11.9. The molecule has 1 aliphatic carbocycles. The first-order valence-electron chi connectivity index (χ1n) is 3.17. The summed E-state index contributed by atoms with van der Waals surface area (Å²) in [5.74, 6) is 0. The third-order valence-electron chi connectivity index (χ3n) is 0.846. The molecule has 9 heavy (non-hydrogen) atoms. The summed E-state index contributed by atoms with van der Waals surface area (Å²) < 4.78 is 0. The molecule has 3 heteroatoms. The van der Waals surface area contributed by atoms with Gasteiger partial charge < -0.3 is 10.8 Å². The van der Waals surface area contributed by atoms with E-state index in [0.29, 0.717) is 12.6 Å². The Kier molecular flexibility index (Phi) is 10.9. The van der Waals surface area contributed by atoms with Crippen molar-refractivity contribution >= 4 is 12.4 Å². The second-order valence-corrected chi connectivity index (χ2v) is 2.06. The summed E-state index contributed by atoms with van der Waals surface area (Å²) in [6.07, 6.45) is 3.40. The Labute approximate surface area is 62.9 Å². The van der Waals surface area contributed by atoms with E-state index < -0.39 is 0 Å². The Morgan fingerprint density at radius 1 is 1.56 bits per heavy atom. The zero-order valence-electron chi connectivity index (χ0n) is 5.84. The van der Waals surface area contributed by atoms with Gasteiger partial charge in [-0.05, 0) is 19.3 Å². The van der Waals surface area contributed by atoms with Crippen LogP contribution in [0.1, 0.15) is 26.2 Å². The van der Waals surface area contributed by atoms with E-state index >= 15 is 0 Å². The van der Waals surface area contributed by atoms with Gasteiger partial charge in [-0.2, -0.15) is 0 Å². The van der Waals surface area contributed by atoms with Gasteiger partial charge in [0.1, 0.15) is 0 Å². The quantitative estimate of drug-likeness (QED) is 0.589. The minimum Gasteiger partial charge on any atom is -0.396 e. The lowest BCUT2D eigenvalue weighted by atomic mass is 10.5. The van der Waals surface area contributed by atoms with Gasteiger partial charge >= 0.3 is 0 Å². The summed E-state index contributed by atoms with van der Waals surface area (Å²) in [5.41, 5.74) is 5.22. The van der Waals surface area contributed by atoms with Gasteiger partial charge in [-0.3, -0.25) is 0 Å². The largest absolute Gasteiger partial charge is 0.396 e. The van der Waals surface area contributed by atoms with E-state index in [-0.39, 0.29) is 12.4 Å². The van der Waals surface area contributed by atoms with Gasteiger partial charge in [0.05, 0.1) is 0 Å². The van der Waals surface area contributed by atoms with Crippen molar-refractivity contribution in [3.63, 3.8) is 0 Å². The summed E-state index contributed by atoms with van der Waals surface area (Å²) in [5, 5.41) is 7.88. The molecule has 2 nitrogen and oxygen atoms in total. The molecule has 0 bridgehead atoms. The number of rotatable bonds is 1. The van der Waals surface area contributed by atoms with Crippen molar-refractivity contribution in [2.24, 2.45) is 5.73 Å². The van der Waals surface area contributed by atoms with Crippen LogP contribution in [0.3, 0.4) is 0 Å². The van der Waals surface area contributed by atoms with Gasteiger partial charge in [0.2, 0.25) is 0 Å². The van der Waals surface area contributed by atoms with E-state index in [2.05, 4.69) is 0 Å². The number of hydrogen-bond acceptors (Lipinski definition) is 2. The molecule has 0 saturated heterocycles. The van der Waals surface area contributed by atoms with Crippen molar-refractivity contribution in [2.45, 2.75) is 32.2 Å². The van der Waals surface area contributed by atoms with Crippen LogP contribution in [-0.4, -0.2) is 17.8 Å². The molecule has 0 atom stereocenters. The molecule has 58 valence electrons. The van der Waals surface area contributed by atoms with Gasteiger partial charge in [-0.15, -0.1) is 12.4 Å². The average Bonchev–Trinajstić information content (AvgIpc) is 2.52. The molecule has 0 unspecified atom stereocenters. The van der Waals surface area contributed by atoms with Gasteiger partial charge in [0.25, 0.3) is 0 Å². The van der Waals surface area contributed by atoms with Crippen molar-refractivity contribution in [2.75, 3.05) is 6.61 Å². The van der Waals surface area contributed by atoms with Crippen LogP contribution in [0.4, 0.5) is 0 Å². The first-order chi connectivity index (χ1) is 3.81. The van der Waals surface area contributed by atoms with Crippen molar-refractivity contribution in [3.8, 4) is 0 Å². The molecule has 0 aromatic rings. The average molecular weight is 154 g/mol. The second kappa shape index (κ2) is 8.21. The monoisotopic (exact) mass is 153 g/mol. The molecule has 0 aliphatic heterocycles. The maximum Gasteiger partial charge on any atom is 0.0428 e. The van der Waals surface area contributed by atoms with Crippen molar-refractivity contribution in [1.82, 2.24) is 0 Å². The van der Waals surface area contributed by atoms with Crippen molar-refractivity contribution in [3.05, 3.63) is 0 Å². The maximum atomic E-state index is 7.88. The van der Waals surface area contributed by atoms with Crippen LogP contribution in [0, 0.1) is 0 Å². The molecular formula is C6H16ClNO. The van der Waals surface area contributed by atoms with Crippen LogP contribution in [-0.2, 0) is 0 Å². The number of hydrogen-bond donors (Lipinski definition) is 2. The summed E-state index contributed by atoms with van der Waals surface area (Å²) >= 11 is 0. The molecular weight excluding hydrogens is 138 g/mol. The zero-order chi connectivity index (χ0) is 6.41. The lowest BCUT2D eigenvalue weighted by Gasteiger charge is -1.69. The minimum atomic E-state index is 0. The van der Waals surface area contributed by atoms with Crippen LogP contribution in [0.25, 0.3) is 0 Å². The highest BCUT2D eigenvalue weighted by Crippen LogP contribution is 2.13. The maximum absolute atomic E-state index is 7.88. The normalized spacial score (nSPS) is 15.0. The van der Waals surface area contributed by atoms with Crippen LogP contribution in [0.2, 0.25) is 0 Å². The molecule has 0 amide bonds. The fourth-order valence-electron chi connectivity index (χ4n) is 0.0962. The molecule has 0 aromatic heterocycles. The number of aliphatic hydroxyl groups excluding tert-OH is 1. The lowest BCUT2D eigenvalue weighted by Crippen LogP contribution is -1.94. The smallest absolute Gasteiger partial charge is 0.0428 e. The Balaban J connectivity index is 0. The summed E-state index contributed by atoms with van der Waals surface area (Å²) in [7, 11) is 0. The van der Waals surface area contributed by atoms with Crippen LogP contribution in [0.15, 0.2) is 0 Å². The summed E-state index contributed by atoms with van der Waals surface area (Å²) in [6, 6.07) is 0.583. The van der Waals surface area contributed by atoms with Gasteiger partial charge in [0, 0.05) is 12.6 Å². The third kappa shape index (κ3) is 17.9. The summed E-state index contributed by atoms with van der Waals surface area (Å²) in [6.45, 7) is 2.25.